The molecular weight excluding hydrogens is 238 g/mol. The normalized spacial score (nSPS) is 11.6. The molecule has 0 aliphatic heterocycles. The van der Waals surface area contributed by atoms with Gasteiger partial charge in [0.15, 0.2) is 0 Å². The van der Waals surface area contributed by atoms with Gasteiger partial charge in [-0.15, -0.1) is 10.2 Å². The Hall–Kier alpha value is -1.84. The smallest absolute Gasteiger partial charge is 0.247 e. The molecule has 0 saturated carbocycles. The van der Waals surface area contributed by atoms with E-state index in [9.17, 15) is 0 Å². The number of nitrogens with one attached hydrogen (secondary N) is 1. The summed E-state index contributed by atoms with van der Waals surface area (Å²) in [6.45, 7) is 9.79. The van der Waals surface area contributed by atoms with E-state index in [0.717, 1.165) is 24.2 Å². The lowest BCUT2D eigenvalue weighted by molar-refractivity contribution is 0.390. The van der Waals surface area contributed by atoms with Gasteiger partial charge in [-0.2, -0.15) is 0 Å². The number of rotatable bonds is 4. The summed E-state index contributed by atoms with van der Waals surface area (Å²) in [6.07, 6.45) is 2.47. The van der Waals surface area contributed by atoms with Crippen molar-refractivity contribution in [3.8, 4) is 11.5 Å². The van der Waals surface area contributed by atoms with Crippen LogP contribution in [0.5, 0.6) is 0 Å². The van der Waals surface area contributed by atoms with Gasteiger partial charge in [0.05, 0.1) is 0 Å². The Kier molecular flexibility index (Phi) is 3.88. The molecule has 0 saturated heterocycles. The monoisotopic (exact) mass is 259 g/mol. The predicted octanol–water partition coefficient (Wildman–Crippen LogP) is 3.89. The van der Waals surface area contributed by atoms with Crippen LogP contribution in [0, 0.1) is 12.3 Å². The van der Waals surface area contributed by atoms with Crippen LogP contribution in [-0.4, -0.2) is 16.7 Å². The van der Waals surface area contributed by atoms with Gasteiger partial charge in [0.2, 0.25) is 12.3 Å². The van der Waals surface area contributed by atoms with Crippen LogP contribution >= 0.6 is 0 Å². The summed E-state index contributed by atoms with van der Waals surface area (Å²) < 4.78 is 5.22. The molecule has 0 aliphatic rings. The Bertz CT molecular complexity index is 527. The van der Waals surface area contributed by atoms with Crippen LogP contribution in [0.15, 0.2) is 29.0 Å². The number of nitrogens with zero attached hydrogens (tertiary/aromatic N) is 2. The molecule has 1 heterocycles. The lowest BCUT2D eigenvalue weighted by Gasteiger charge is -2.19. The van der Waals surface area contributed by atoms with Gasteiger partial charge in [-0.05, 0) is 36.5 Å². The molecule has 0 amide bonds. The fourth-order valence-electron chi connectivity index (χ4n) is 1.82. The summed E-state index contributed by atoms with van der Waals surface area (Å²) >= 11 is 0. The highest BCUT2D eigenvalue weighted by Crippen LogP contribution is 2.25. The molecule has 2 rings (SSSR count). The maximum atomic E-state index is 5.22. The van der Waals surface area contributed by atoms with Gasteiger partial charge in [-0.25, -0.2) is 0 Å². The predicted molar refractivity (Wildman–Crippen MR) is 77.0 cm³/mol. The number of hydrogen-bond donors (Lipinski definition) is 1. The zero-order valence-corrected chi connectivity index (χ0v) is 12.0. The maximum absolute atomic E-state index is 5.22. The molecule has 0 spiro atoms. The summed E-state index contributed by atoms with van der Waals surface area (Å²) in [4.78, 5) is 0. The summed E-state index contributed by atoms with van der Waals surface area (Å²) in [5.74, 6) is 0.555. The average Bonchev–Trinajstić information content (AvgIpc) is 2.83. The molecule has 0 bridgehead atoms. The summed E-state index contributed by atoms with van der Waals surface area (Å²) in [5.41, 5.74) is 3.63. The first kappa shape index (κ1) is 13.6. The molecule has 1 aromatic heterocycles. The number of hydrogen-bond acceptors (Lipinski definition) is 4. The van der Waals surface area contributed by atoms with E-state index in [1.807, 2.05) is 6.07 Å². The highest BCUT2D eigenvalue weighted by molar-refractivity contribution is 5.64. The lowest BCUT2D eigenvalue weighted by Crippen LogP contribution is -2.13. The van der Waals surface area contributed by atoms with Gasteiger partial charge < -0.3 is 9.73 Å². The van der Waals surface area contributed by atoms with E-state index in [1.54, 1.807) is 0 Å². The minimum Gasteiger partial charge on any atom is -0.423 e. The first-order valence-electron chi connectivity index (χ1n) is 6.57. The maximum Gasteiger partial charge on any atom is 0.247 e. The van der Waals surface area contributed by atoms with E-state index < -0.39 is 0 Å². The first-order chi connectivity index (χ1) is 8.96. The Balaban J connectivity index is 2.10. The lowest BCUT2D eigenvalue weighted by atomic mass is 9.92. The van der Waals surface area contributed by atoms with Crippen molar-refractivity contribution in [2.24, 2.45) is 5.41 Å². The third-order valence-electron chi connectivity index (χ3n) is 3.04. The average molecular weight is 259 g/mol. The van der Waals surface area contributed by atoms with Crippen LogP contribution in [0.3, 0.4) is 0 Å². The highest BCUT2D eigenvalue weighted by atomic mass is 16.4. The van der Waals surface area contributed by atoms with Crippen LogP contribution in [0.4, 0.5) is 5.69 Å². The van der Waals surface area contributed by atoms with Crippen molar-refractivity contribution in [2.45, 2.75) is 34.1 Å². The van der Waals surface area contributed by atoms with Crippen molar-refractivity contribution in [2.75, 3.05) is 11.9 Å². The third-order valence-corrected chi connectivity index (χ3v) is 3.04. The van der Waals surface area contributed by atoms with Crippen LogP contribution in [0.1, 0.15) is 32.8 Å². The number of aromatic nitrogens is 2. The molecule has 0 radical (unpaired) electrons. The minimum absolute atomic E-state index is 0.338. The van der Waals surface area contributed by atoms with Crippen LogP contribution in [0.2, 0.25) is 0 Å². The highest BCUT2D eigenvalue weighted by Gasteiger charge is 2.10. The van der Waals surface area contributed by atoms with E-state index in [-0.39, 0.29) is 0 Å². The molecule has 2 aromatic rings. The Morgan fingerprint density at radius 2 is 2.05 bits per heavy atom. The molecule has 0 atom stereocenters. The second-order valence-electron chi connectivity index (χ2n) is 6.01. The zero-order valence-electron chi connectivity index (χ0n) is 12.0. The Morgan fingerprint density at radius 1 is 1.26 bits per heavy atom. The van der Waals surface area contributed by atoms with Crippen LogP contribution in [-0.2, 0) is 0 Å². The first-order valence-corrected chi connectivity index (χ1v) is 6.57. The summed E-state index contributed by atoms with van der Waals surface area (Å²) in [5, 5.41) is 11.1. The van der Waals surface area contributed by atoms with Crippen molar-refractivity contribution in [3.05, 3.63) is 30.2 Å². The fraction of sp³-hybridized carbons (Fsp3) is 0.467. The molecule has 1 N–H and O–H groups in total. The molecule has 1 aromatic carbocycles. The second kappa shape index (κ2) is 5.43. The Morgan fingerprint density at radius 3 is 2.68 bits per heavy atom. The van der Waals surface area contributed by atoms with E-state index in [4.69, 9.17) is 4.42 Å². The largest absolute Gasteiger partial charge is 0.423 e. The second-order valence-corrected chi connectivity index (χ2v) is 6.01. The van der Waals surface area contributed by atoms with Crippen LogP contribution in [0.25, 0.3) is 11.5 Å². The number of benzene rings is 1. The molecule has 102 valence electrons. The van der Waals surface area contributed by atoms with Crippen molar-refractivity contribution >= 4 is 5.69 Å². The number of aryl methyl sites for hydroxylation is 1. The van der Waals surface area contributed by atoms with E-state index >= 15 is 0 Å². The van der Waals surface area contributed by atoms with Crippen molar-refractivity contribution in [3.63, 3.8) is 0 Å². The standard InChI is InChI=1S/C15H21N3O/c1-11-5-6-12(14-18-17-10-19-14)9-13(11)16-8-7-15(2,3)4/h5-6,9-10,16H,7-8H2,1-4H3. The van der Waals surface area contributed by atoms with Gasteiger partial charge in [0.25, 0.3) is 0 Å². The van der Waals surface area contributed by atoms with Gasteiger partial charge in [-0.3, -0.25) is 0 Å². The summed E-state index contributed by atoms with van der Waals surface area (Å²) in [6, 6.07) is 6.13. The van der Waals surface area contributed by atoms with Gasteiger partial charge >= 0.3 is 0 Å². The molecule has 19 heavy (non-hydrogen) atoms. The van der Waals surface area contributed by atoms with E-state index in [2.05, 4.69) is 55.3 Å². The number of anilines is 1. The van der Waals surface area contributed by atoms with Gasteiger partial charge in [0.1, 0.15) is 0 Å². The quantitative estimate of drug-likeness (QED) is 0.905. The molecule has 4 heteroatoms. The van der Waals surface area contributed by atoms with Crippen molar-refractivity contribution in [1.82, 2.24) is 10.2 Å². The molecule has 0 unspecified atom stereocenters. The van der Waals surface area contributed by atoms with Gasteiger partial charge in [-0.1, -0.05) is 26.8 Å². The topological polar surface area (TPSA) is 51.0 Å². The van der Waals surface area contributed by atoms with Crippen LogP contribution < -0.4 is 5.32 Å². The van der Waals surface area contributed by atoms with Gasteiger partial charge in [0, 0.05) is 17.8 Å². The molecular formula is C15H21N3O. The van der Waals surface area contributed by atoms with Crippen molar-refractivity contribution < 1.29 is 4.42 Å². The Labute approximate surface area is 114 Å². The fourth-order valence-corrected chi connectivity index (χ4v) is 1.82. The van der Waals surface area contributed by atoms with E-state index in [1.165, 1.54) is 12.0 Å². The van der Waals surface area contributed by atoms with Crippen molar-refractivity contribution in [1.29, 1.82) is 0 Å². The zero-order chi connectivity index (χ0) is 13.9. The molecule has 0 aliphatic carbocycles. The SMILES string of the molecule is Cc1ccc(-c2nnco2)cc1NCCC(C)(C)C. The minimum atomic E-state index is 0.338. The van der Waals surface area contributed by atoms with E-state index in [0.29, 0.717) is 11.3 Å². The third kappa shape index (κ3) is 3.81. The molecule has 4 nitrogen and oxygen atoms in total. The summed E-state index contributed by atoms with van der Waals surface area (Å²) in [7, 11) is 0. The molecule has 0 fully saturated rings.